The van der Waals surface area contributed by atoms with Gasteiger partial charge in [0.2, 0.25) is 5.91 Å². The number of carbonyl (C=O) groups is 2. The zero-order valence-electron chi connectivity index (χ0n) is 18.3. The molecule has 3 nitrogen and oxygen atoms in total. The van der Waals surface area contributed by atoms with E-state index in [9.17, 15) is 9.59 Å². The van der Waals surface area contributed by atoms with Crippen molar-refractivity contribution in [3.8, 4) is 0 Å². The Bertz CT molecular complexity index is 390. The van der Waals surface area contributed by atoms with Gasteiger partial charge in [-0.3, -0.25) is 14.9 Å². The molecule has 0 aromatic carbocycles. The monoisotopic (exact) mass is 379 g/mol. The van der Waals surface area contributed by atoms with Gasteiger partial charge in [-0.2, -0.15) is 0 Å². The first-order chi connectivity index (χ1) is 13.1. The maximum Gasteiger partial charge on any atom is 0.252 e. The maximum atomic E-state index is 11.5. The topological polar surface area (TPSA) is 46.2 Å². The second-order valence-electron chi connectivity index (χ2n) is 8.06. The average Bonchev–Trinajstić information content (AvgIpc) is 2.64. The van der Waals surface area contributed by atoms with Gasteiger partial charge >= 0.3 is 0 Å². The van der Waals surface area contributed by atoms with Crippen molar-refractivity contribution in [3.63, 3.8) is 0 Å². The van der Waals surface area contributed by atoms with Gasteiger partial charge in [-0.1, -0.05) is 116 Å². The standard InChI is InChI=1S/C24H45NO2/c1-4-5-6-7-8-9-10-11-12-13-14-15-16-17-18-19-20-21-23(26)25-24(27)22(2)3/h2,4-21H2,1,3H3,(H,25,26,27). The minimum Gasteiger partial charge on any atom is -0.293 e. The fraction of sp³-hybridized carbons (Fsp3) is 0.833. The van der Waals surface area contributed by atoms with Crippen LogP contribution in [0.25, 0.3) is 0 Å². The number of nitrogens with one attached hydrogen (secondary N) is 1. The Labute approximate surface area is 168 Å². The molecule has 2 amide bonds. The number of imide groups is 1. The van der Waals surface area contributed by atoms with E-state index in [0.717, 1.165) is 12.8 Å². The van der Waals surface area contributed by atoms with Crippen molar-refractivity contribution in [2.75, 3.05) is 0 Å². The smallest absolute Gasteiger partial charge is 0.252 e. The molecule has 0 bridgehead atoms. The SMILES string of the molecule is C=C(C)C(=O)NC(=O)CCCCCCCCCCCCCCCCCCC. The zero-order chi connectivity index (χ0) is 20.2. The molecule has 0 rings (SSSR count). The summed E-state index contributed by atoms with van der Waals surface area (Å²) in [4.78, 5) is 22.8. The van der Waals surface area contributed by atoms with Crippen LogP contribution in [0.4, 0.5) is 0 Å². The lowest BCUT2D eigenvalue weighted by Crippen LogP contribution is -2.30. The van der Waals surface area contributed by atoms with Gasteiger partial charge in [0, 0.05) is 12.0 Å². The zero-order valence-corrected chi connectivity index (χ0v) is 18.3. The minimum atomic E-state index is -0.355. The van der Waals surface area contributed by atoms with E-state index in [1.54, 1.807) is 6.92 Å². The third-order valence-electron chi connectivity index (χ3n) is 5.15. The summed E-state index contributed by atoms with van der Waals surface area (Å²) in [6, 6.07) is 0. The minimum absolute atomic E-state index is 0.177. The lowest BCUT2D eigenvalue weighted by atomic mass is 10.0. The van der Waals surface area contributed by atoms with E-state index in [1.165, 1.54) is 96.3 Å². The van der Waals surface area contributed by atoms with Gasteiger partial charge in [-0.25, -0.2) is 0 Å². The van der Waals surface area contributed by atoms with Gasteiger partial charge in [0.25, 0.3) is 5.91 Å². The second-order valence-corrected chi connectivity index (χ2v) is 8.06. The van der Waals surface area contributed by atoms with Gasteiger partial charge in [0.05, 0.1) is 0 Å². The van der Waals surface area contributed by atoms with Crippen molar-refractivity contribution in [2.45, 2.75) is 129 Å². The van der Waals surface area contributed by atoms with E-state index in [0.29, 0.717) is 12.0 Å². The fourth-order valence-electron chi connectivity index (χ4n) is 3.31. The van der Waals surface area contributed by atoms with Gasteiger partial charge in [0.15, 0.2) is 0 Å². The summed E-state index contributed by atoms with van der Waals surface area (Å²) in [5.41, 5.74) is 0.380. The predicted molar refractivity (Wildman–Crippen MR) is 117 cm³/mol. The molecule has 0 heterocycles. The number of rotatable bonds is 19. The molecule has 0 saturated heterocycles. The van der Waals surface area contributed by atoms with Crippen molar-refractivity contribution in [1.29, 1.82) is 0 Å². The Morgan fingerprint density at radius 3 is 1.30 bits per heavy atom. The molecule has 1 N–H and O–H groups in total. The molecule has 0 fully saturated rings. The van der Waals surface area contributed by atoms with E-state index in [-0.39, 0.29) is 11.8 Å². The number of amides is 2. The van der Waals surface area contributed by atoms with Crippen molar-refractivity contribution in [3.05, 3.63) is 12.2 Å². The first kappa shape index (κ1) is 25.9. The van der Waals surface area contributed by atoms with Crippen LogP contribution in [0.1, 0.15) is 129 Å². The summed E-state index contributed by atoms with van der Waals surface area (Å²) in [6.07, 6.45) is 23.0. The Kier molecular flexibility index (Phi) is 18.8. The normalized spacial score (nSPS) is 10.7. The van der Waals surface area contributed by atoms with Crippen LogP contribution in [0.2, 0.25) is 0 Å². The van der Waals surface area contributed by atoms with Crippen molar-refractivity contribution in [2.24, 2.45) is 0 Å². The highest BCUT2D eigenvalue weighted by atomic mass is 16.2. The molecular formula is C24H45NO2. The Hall–Kier alpha value is -1.12. The van der Waals surface area contributed by atoms with Crippen LogP contribution in [0, 0.1) is 0 Å². The molecule has 158 valence electrons. The molecule has 0 aliphatic heterocycles. The number of unbranched alkanes of at least 4 members (excludes halogenated alkanes) is 16. The molecule has 0 saturated carbocycles. The third kappa shape index (κ3) is 19.4. The van der Waals surface area contributed by atoms with Crippen molar-refractivity contribution >= 4 is 11.8 Å². The first-order valence-electron chi connectivity index (χ1n) is 11.6. The molecule has 0 aromatic rings. The van der Waals surface area contributed by atoms with E-state index in [4.69, 9.17) is 0 Å². The van der Waals surface area contributed by atoms with E-state index in [1.807, 2.05) is 0 Å². The fourth-order valence-corrected chi connectivity index (χ4v) is 3.31. The van der Waals surface area contributed by atoms with Crippen LogP contribution >= 0.6 is 0 Å². The summed E-state index contributed by atoms with van der Waals surface area (Å²) in [5.74, 6) is -0.532. The Morgan fingerprint density at radius 1 is 0.630 bits per heavy atom. The highest BCUT2D eigenvalue weighted by molar-refractivity contribution is 6.03. The second kappa shape index (κ2) is 19.6. The maximum absolute atomic E-state index is 11.5. The highest BCUT2D eigenvalue weighted by Gasteiger charge is 2.07. The first-order valence-corrected chi connectivity index (χ1v) is 11.6. The summed E-state index contributed by atoms with van der Waals surface area (Å²) >= 11 is 0. The Balaban J connectivity index is 3.18. The lowest BCUT2D eigenvalue weighted by molar-refractivity contribution is -0.128. The van der Waals surface area contributed by atoms with E-state index < -0.39 is 0 Å². The summed E-state index contributed by atoms with van der Waals surface area (Å²) in [6.45, 7) is 7.41. The van der Waals surface area contributed by atoms with Crippen LogP contribution in [-0.4, -0.2) is 11.8 Å². The molecule has 27 heavy (non-hydrogen) atoms. The highest BCUT2D eigenvalue weighted by Crippen LogP contribution is 2.14. The van der Waals surface area contributed by atoms with Gasteiger partial charge in [-0.05, 0) is 13.3 Å². The van der Waals surface area contributed by atoms with Crippen LogP contribution in [0.15, 0.2) is 12.2 Å². The van der Waals surface area contributed by atoms with E-state index >= 15 is 0 Å². The molecule has 0 aliphatic rings. The largest absolute Gasteiger partial charge is 0.293 e. The average molecular weight is 380 g/mol. The summed E-state index contributed by atoms with van der Waals surface area (Å²) in [5, 5.41) is 2.36. The molecule has 0 unspecified atom stereocenters. The van der Waals surface area contributed by atoms with Gasteiger partial charge < -0.3 is 0 Å². The molecule has 0 aromatic heterocycles. The number of carbonyl (C=O) groups excluding carboxylic acids is 2. The van der Waals surface area contributed by atoms with Gasteiger partial charge in [-0.15, -0.1) is 0 Å². The van der Waals surface area contributed by atoms with Crippen molar-refractivity contribution < 1.29 is 9.59 Å². The van der Waals surface area contributed by atoms with E-state index in [2.05, 4.69) is 18.8 Å². The molecule has 0 atom stereocenters. The number of hydrogen-bond donors (Lipinski definition) is 1. The molecule has 0 radical (unpaired) electrons. The molecule has 0 aliphatic carbocycles. The summed E-state index contributed by atoms with van der Waals surface area (Å²) < 4.78 is 0. The molecular weight excluding hydrogens is 334 g/mol. The quantitative estimate of drug-likeness (QED) is 0.190. The lowest BCUT2D eigenvalue weighted by Gasteiger charge is -2.04. The third-order valence-corrected chi connectivity index (χ3v) is 5.15. The van der Waals surface area contributed by atoms with Gasteiger partial charge in [0.1, 0.15) is 0 Å². The summed E-state index contributed by atoms with van der Waals surface area (Å²) in [7, 11) is 0. The van der Waals surface area contributed by atoms with Crippen LogP contribution in [0.5, 0.6) is 0 Å². The predicted octanol–water partition coefficient (Wildman–Crippen LogP) is 7.25. The van der Waals surface area contributed by atoms with Crippen molar-refractivity contribution in [1.82, 2.24) is 5.32 Å². The number of hydrogen-bond acceptors (Lipinski definition) is 2. The van der Waals surface area contributed by atoms with Crippen LogP contribution in [-0.2, 0) is 9.59 Å². The van der Waals surface area contributed by atoms with Crippen LogP contribution < -0.4 is 5.32 Å². The Morgan fingerprint density at radius 2 is 0.963 bits per heavy atom. The molecule has 3 heteroatoms. The van der Waals surface area contributed by atoms with Crippen LogP contribution in [0.3, 0.4) is 0 Å². The molecule has 0 spiro atoms.